The molecule has 0 aliphatic carbocycles. The average Bonchev–Trinajstić information content (AvgIpc) is 2.25. The Labute approximate surface area is 86.3 Å². The van der Waals surface area contributed by atoms with Gasteiger partial charge in [0, 0.05) is 6.54 Å². The summed E-state index contributed by atoms with van der Waals surface area (Å²) in [5.41, 5.74) is 2.63. The molecule has 0 aliphatic heterocycles. The number of rotatable bonds is 6. The Morgan fingerprint density at radius 1 is 1.14 bits per heavy atom. The van der Waals surface area contributed by atoms with Crippen molar-refractivity contribution in [2.75, 3.05) is 20.2 Å². The zero-order valence-electron chi connectivity index (χ0n) is 9.05. The van der Waals surface area contributed by atoms with Gasteiger partial charge in [-0.3, -0.25) is 0 Å². The summed E-state index contributed by atoms with van der Waals surface area (Å²) in [4.78, 5) is 0. The van der Waals surface area contributed by atoms with Crippen molar-refractivity contribution in [3.05, 3.63) is 35.4 Å². The van der Waals surface area contributed by atoms with Gasteiger partial charge in [0.15, 0.2) is 0 Å². The third-order valence-electron chi connectivity index (χ3n) is 2.20. The van der Waals surface area contributed by atoms with Gasteiger partial charge in [0.05, 0.1) is 13.2 Å². The second-order valence-electron chi connectivity index (χ2n) is 3.33. The van der Waals surface area contributed by atoms with Gasteiger partial charge >= 0.3 is 0 Å². The first kappa shape index (κ1) is 11.2. The first-order chi connectivity index (χ1) is 6.86. The summed E-state index contributed by atoms with van der Waals surface area (Å²) in [6.07, 6.45) is 1.10. The predicted octanol–water partition coefficient (Wildman–Crippen LogP) is 1.98. The molecule has 0 atom stereocenters. The van der Waals surface area contributed by atoms with Crippen molar-refractivity contribution in [3.63, 3.8) is 0 Å². The molecule has 0 radical (unpaired) electrons. The highest BCUT2D eigenvalue weighted by molar-refractivity contribution is 5.21. The molecule has 2 heteroatoms. The van der Waals surface area contributed by atoms with E-state index in [9.17, 15) is 0 Å². The van der Waals surface area contributed by atoms with E-state index in [0.29, 0.717) is 6.61 Å². The molecule has 0 unspecified atom stereocenters. The van der Waals surface area contributed by atoms with Crippen molar-refractivity contribution in [2.24, 2.45) is 0 Å². The SMILES string of the molecule is CCc1ccc(COCCNC)cc1. The molecule has 1 N–H and O–H groups in total. The van der Waals surface area contributed by atoms with Gasteiger partial charge in [-0.2, -0.15) is 0 Å². The quantitative estimate of drug-likeness (QED) is 0.698. The Kier molecular flexibility index (Phi) is 5.27. The van der Waals surface area contributed by atoms with Gasteiger partial charge in [0.25, 0.3) is 0 Å². The van der Waals surface area contributed by atoms with Crippen LogP contribution in [0.3, 0.4) is 0 Å². The second-order valence-corrected chi connectivity index (χ2v) is 3.33. The van der Waals surface area contributed by atoms with Crippen LogP contribution in [-0.2, 0) is 17.8 Å². The van der Waals surface area contributed by atoms with Crippen LogP contribution >= 0.6 is 0 Å². The molecule has 0 fully saturated rings. The van der Waals surface area contributed by atoms with E-state index in [1.165, 1.54) is 11.1 Å². The van der Waals surface area contributed by atoms with Crippen LogP contribution in [0.5, 0.6) is 0 Å². The number of hydrogen-bond donors (Lipinski definition) is 1. The molecule has 1 aromatic rings. The predicted molar refractivity (Wildman–Crippen MR) is 59.4 cm³/mol. The lowest BCUT2D eigenvalue weighted by atomic mass is 10.1. The Balaban J connectivity index is 2.29. The van der Waals surface area contributed by atoms with Crippen LogP contribution in [0.1, 0.15) is 18.1 Å². The smallest absolute Gasteiger partial charge is 0.0717 e. The Bertz CT molecular complexity index is 243. The standard InChI is InChI=1S/C12H19NO/c1-3-11-4-6-12(7-5-11)10-14-9-8-13-2/h4-7,13H,3,8-10H2,1-2H3. The Hall–Kier alpha value is -0.860. The van der Waals surface area contributed by atoms with Gasteiger partial charge < -0.3 is 10.1 Å². The summed E-state index contributed by atoms with van der Waals surface area (Å²) in [5, 5.41) is 3.05. The van der Waals surface area contributed by atoms with Crippen molar-refractivity contribution in [1.29, 1.82) is 0 Å². The largest absolute Gasteiger partial charge is 0.375 e. The van der Waals surface area contributed by atoms with Gasteiger partial charge in [0.1, 0.15) is 0 Å². The molecular weight excluding hydrogens is 174 g/mol. The first-order valence-electron chi connectivity index (χ1n) is 5.17. The summed E-state index contributed by atoms with van der Waals surface area (Å²) in [5.74, 6) is 0. The summed E-state index contributed by atoms with van der Waals surface area (Å²) in [6.45, 7) is 4.56. The van der Waals surface area contributed by atoms with Crippen LogP contribution < -0.4 is 5.32 Å². The van der Waals surface area contributed by atoms with E-state index in [2.05, 4.69) is 36.5 Å². The van der Waals surface area contributed by atoms with Gasteiger partial charge in [-0.05, 0) is 24.6 Å². The minimum atomic E-state index is 0.714. The number of nitrogens with one attached hydrogen (secondary N) is 1. The van der Waals surface area contributed by atoms with E-state index >= 15 is 0 Å². The zero-order valence-corrected chi connectivity index (χ0v) is 9.05. The third-order valence-corrected chi connectivity index (χ3v) is 2.20. The van der Waals surface area contributed by atoms with Gasteiger partial charge in [0.2, 0.25) is 0 Å². The van der Waals surface area contributed by atoms with E-state index in [-0.39, 0.29) is 0 Å². The zero-order chi connectivity index (χ0) is 10.2. The first-order valence-corrected chi connectivity index (χ1v) is 5.17. The van der Waals surface area contributed by atoms with Crippen molar-refractivity contribution in [3.8, 4) is 0 Å². The molecule has 0 saturated heterocycles. The van der Waals surface area contributed by atoms with E-state index in [4.69, 9.17) is 4.74 Å². The number of benzene rings is 1. The van der Waals surface area contributed by atoms with E-state index in [1.807, 2.05) is 7.05 Å². The summed E-state index contributed by atoms with van der Waals surface area (Å²) in [6, 6.07) is 8.60. The van der Waals surface area contributed by atoms with Crippen LogP contribution in [0, 0.1) is 0 Å². The molecule has 0 aliphatic rings. The molecule has 0 amide bonds. The fraction of sp³-hybridized carbons (Fsp3) is 0.500. The van der Waals surface area contributed by atoms with Crippen LogP contribution in [0.2, 0.25) is 0 Å². The number of aryl methyl sites for hydroxylation is 1. The van der Waals surface area contributed by atoms with E-state index in [0.717, 1.165) is 19.6 Å². The molecule has 1 rings (SSSR count). The fourth-order valence-electron chi connectivity index (χ4n) is 1.24. The fourth-order valence-corrected chi connectivity index (χ4v) is 1.24. The summed E-state index contributed by atoms with van der Waals surface area (Å²) < 4.78 is 5.47. The second kappa shape index (κ2) is 6.57. The normalized spacial score (nSPS) is 10.4. The summed E-state index contributed by atoms with van der Waals surface area (Å²) >= 11 is 0. The van der Waals surface area contributed by atoms with Crippen molar-refractivity contribution in [1.82, 2.24) is 5.32 Å². The topological polar surface area (TPSA) is 21.3 Å². The summed E-state index contributed by atoms with van der Waals surface area (Å²) in [7, 11) is 1.93. The average molecular weight is 193 g/mol. The number of hydrogen-bond acceptors (Lipinski definition) is 2. The molecule has 0 spiro atoms. The number of ether oxygens (including phenoxy) is 1. The molecule has 0 heterocycles. The maximum atomic E-state index is 5.47. The van der Waals surface area contributed by atoms with E-state index < -0.39 is 0 Å². The lowest BCUT2D eigenvalue weighted by Crippen LogP contribution is -2.13. The minimum Gasteiger partial charge on any atom is -0.375 e. The highest BCUT2D eigenvalue weighted by Crippen LogP contribution is 2.05. The minimum absolute atomic E-state index is 0.714. The maximum Gasteiger partial charge on any atom is 0.0717 e. The molecule has 0 saturated carbocycles. The molecule has 78 valence electrons. The van der Waals surface area contributed by atoms with Crippen LogP contribution in [-0.4, -0.2) is 20.2 Å². The van der Waals surface area contributed by atoms with Crippen LogP contribution in [0.15, 0.2) is 24.3 Å². The van der Waals surface area contributed by atoms with Crippen LogP contribution in [0.4, 0.5) is 0 Å². The molecule has 14 heavy (non-hydrogen) atoms. The van der Waals surface area contributed by atoms with Gasteiger partial charge in [-0.25, -0.2) is 0 Å². The Morgan fingerprint density at radius 2 is 1.79 bits per heavy atom. The van der Waals surface area contributed by atoms with Gasteiger partial charge in [-0.1, -0.05) is 31.2 Å². The molecule has 2 nitrogen and oxygen atoms in total. The Morgan fingerprint density at radius 3 is 2.36 bits per heavy atom. The highest BCUT2D eigenvalue weighted by Gasteiger charge is 1.93. The van der Waals surface area contributed by atoms with E-state index in [1.54, 1.807) is 0 Å². The lowest BCUT2D eigenvalue weighted by Gasteiger charge is -2.04. The van der Waals surface area contributed by atoms with Crippen LogP contribution in [0.25, 0.3) is 0 Å². The molecule has 0 aromatic heterocycles. The van der Waals surface area contributed by atoms with Crippen molar-refractivity contribution >= 4 is 0 Å². The maximum absolute atomic E-state index is 5.47. The lowest BCUT2D eigenvalue weighted by molar-refractivity contribution is 0.124. The monoisotopic (exact) mass is 193 g/mol. The molecule has 1 aromatic carbocycles. The molecule has 0 bridgehead atoms. The number of likely N-dealkylation sites (N-methyl/N-ethyl adjacent to an activating group) is 1. The third kappa shape index (κ3) is 3.90. The van der Waals surface area contributed by atoms with Crippen molar-refractivity contribution in [2.45, 2.75) is 20.0 Å². The highest BCUT2D eigenvalue weighted by atomic mass is 16.5. The van der Waals surface area contributed by atoms with Crippen molar-refractivity contribution < 1.29 is 4.74 Å². The van der Waals surface area contributed by atoms with Gasteiger partial charge in [-0.15, -0.1) is 0 Å². The molecular formula is C12H19NO.